The molecule has 1 aromatic carbocycles. The van der Waals surface area contributed by atoms with Gasteiger partial charge in [0.05, 0.1) is 16.1 Å². The van der Waals surface area contributed by atoms with Crippen LogP contribution in [0.1, 0.15) is 18.5 Å². The van der Waals surface area contributed by atoms with Gasteiger partial charge in [-0.15, -0.1) is 6.58 Å². The van der Waals surface area contributed by atoms with Gasteiger partial charge in [0.1, 0.15) is 0 Å². The number of hydrogen-bond donors (Lipinski definition) is 1. The average molecular weight is 230 g/mol. The summed E-state index contributed by atoms with van der Waals surface area (Å²) in [6.07, 6.45) is 1.82. The van der Waals surface area contributed by atoms with Crippen LogP contribution in [-0.2, 0) is 0 Å². The first-order chi connectivity index (χ1) is 6.70. The Morgan fingerprint density at radius 2 is 2.21 bits per heavy atom. The summed E-state index contributed by atoms with van der Waals surface area (Å²) in [5.74, 6) is 0. The summed E-state index contributed by atoms with van der Waals surface area (Å²) in [5.41, 5.74) is 0.969. The lowest BCUT2D eigenvalue weighted by molar-refractivity contribution is 0.649. The molecule has 0 aromatic heterocycles. The van der Waals surface area contributed by atoms with Crippen molar-refractivity contribution in [2.24, 2.45) is 0 Å². The lowest BCUT2D eigenvalue weighted by atomic mass is 10.1. The molecule has 76 valence electrons. The van der Waals surface area contributed by atoms with Gasteiger partial charge in [-0.05, 0) is 18.2 Å². The highest BCUT2D eigenvalue weighted by Crippen LogP contribution is 2.30. The Morgan fingerprint density at radius 1 is 1.50 bits per heavy atom. The van der Waals surface area contributed by atoms with Crippen LogP contribution in [0.25, 0.3) is 0 Å². The fourth-order valence-electron chi connectivity index (χ4n) is 1.30. The second-order valence-electron chi connectivity index (χ2n) is 2.91. The molecule has 14 heavy (non-hydrogen) atoms. The maximum atomic E-state index is 6.08. The summed E-state index contributed by atoms with van der Waals surface area (Å²) < 4.78 is 0. The predicted octanol–water partition coefficient (Wildman–Crippen LogP) is 3.83. The van der Waals surface area contributed by atoms with Crippen molar-refractivity contribution in [1.82, 2.24) is 5.32 Å². The molecule has 0 aliphatic rings. The van der Waals surface area contributed by atoms with Gasteiger partial charge in [0.25, 0.3) is 0 Å². The Labute approximate surface area is 94.7 Å². The van der Waals surface area contributed by atoms with E-state index in [0.29, 0.717) is 10.0 Å². The maximum absolute atomic E-state index is 6.08. The van der Waals surface area contributed by atoms with Crippen LogP contribution >= 0.6 is 23.2 Å². The quantitative estimate of drug-likeness (QED) is 0.775. The summed E-state index contributed by atoms with van der Waals surface area (Å²) in [7, 11) is 0. The van der Waals surface area contributed by atoms with E-state index in [-0.39, 0.29) is 6.04 Å². The van der Waals surface area contributed by atoms with Crippen LogP contribution < -0.4 is 5.32 Å². The van der Waals surface area contributed by atoms with Gasteiger partial charge in [-0.2, -0.15) is 0 Å². The molecule has 0 amide bonds. The summed E-state index contributed by atoms with van der Waals surface area (Å²) in [6, 6.07) is 5.67. The minimum Gasteiger partial charge on any atom is -0.307 e. The van der Waals surface area contributed by atoms with E-state index >= 15 is 0 Å². The van der Waals surface area contributed by atoms with Crippen LogP contribution in [0.5, 0.6) is 0 Å². The van der Waals surface area contributed by atoms with Crippen LogP contribution in [0.15, 0.2) is 30.9 Å². The number of likely N-dealkylation sites (N-methyl/N-ethyl adjacent to an activating group) is 1. The molecule has 0 saturated carbocycles. The second kappa shape index (κ2) is 5.40. The second-order valence-corrected chi connectivity index (χ2v) is 3.70. The summed E-state index contributed by atoms with van der Waals surface area (Å²) in [6.45, 7) is 6.66. The summed E-state index contributed by atoms with van der Waals surface area (Å²) in [5, 5.41) is 4.43. The zero-order chi connectivity index (χ0) is 10.6. The predicted molar refractivity (Wildman–Crippen MR) is 63.1 cm³/mol. The molecular weight excluding hydrogens is 217 g/mol. The topological polar surface area (TPSA) is 12.0 Å². The Hall–Kier alpha value is -0.500. The van der Waals surface area contributed by atoms with E-state index in [9.17, 15) is 0 Å². The van der Waals surface area contributed by atoms with Crippen molar-refractivity contribution >= 4 is 23.2 Å². The third kappa shape index (κ3) is 2.50. The first kappa shape index (κ1) is 11.6. The molecule has 1 aromatic rings. The molecule has 1 atom stereocenters. The van der Waals surface area contributed by atoms with E-state index in [0.717, 1.165) is 12.1 Å². The van der Waals surface area contributed by atoms with Gasteiger partial charge in [-0.1, -0.05) is 48.3 Å². The molecule has 0 radical (unpaired) electrons. The van der Waals surface area contributed by atoms with Gasteiger partial charge >= 0.3 is 0 Å². The number of rotatable bonds is 4. The minimum atomic E-state index is 0.0613. The first-order valence-electron chi connectivity index (χ1n) is 4.50. The van der Waals surface area contributed by atoms with Crippen LogP contribution in [0.4, 0.5) is 0 Å². The van der Waals surface area contributed by atoms with Gasteiger partial charge in [0, 0.05) is 0 Å². The zero-order valence-corrected chi connectivity index (χ0v) is 9.57. The lowest BCUT2D eigenvalue weighted by Gasteiger charge is -2.15. The molecule has 1 N–H and O–H groups in total. The highest BCUT2D eigenvalue weighted by molar-refractivity contribution is 6.42. The fourth-order valence-corrected chi connectivity index (χ4v) is 1.73. The largest absolute Gasteiger partial charge is 0.307 e. The Balaban J connectivity index is 3.03. The molecule has 1 rings (SSSR count). The summed E-state index contributed by atoms with van der Waals surface area (Å²) >= 11 is 12.0. The zero-order valence-electron chi connectivity index (χ0n) is 8.06. The first-order valence-corrected chi connectivity index (χ1v) is 5.26. The van der Waals surface area contributed by atoms with Crippen LogP contribution in [0, 0.1) is 0 Å². The van der Waals surface area contributed by atoms with Gasteiger partial charge < -0.3 is 5.32 Å². The van der Waals surface area contributed by atoms with Gasteiger partial charge in [0.2, 0.25) is 0 Å². The van der Waals surface area contributed by atoms with Gasteiger partial charge in [-0.3, -0.25) is 0 Å². The Bertz CT molecular complexity index is 323. The highest BCUT2D eigenvalue weighted by Gasteiger charge is 2.11. The molecule has 0 aliphatic carbocycles. The number of hydrogen-bond acceptors (Lipinski definition) is 1. The van der Waals surface area contributed by atoms with E-state index in [1.54, 1.807) is 6.07 Å². The van der Waals surface area contributed by atoms with Gasteiger partial charge in [-0.25, -0.2) is 0 Å². The highest BCUT2D eigenvalue weighted by atomic mass is 35.5. The van der Waals surface area contributed by atoms with Crippen molar-refractivity contribution in [3.05, 3.63) is 46.5 Å². The number of benzene rings is 1. The van der Waals surface area contributed by atoms with Crippen molar-refractivity contribution in [3.63, 3.8) is 0 Å². The molecule has 0 aliphatic heterocycles. The fraction of sp³-hybridized carbons (Fsp3) is 0.273. The minimum absolute atomic E-state index is 0.0613. The summed E-state index contributed by atoms with van der Waals surface area (Å²) in [4.78, 5) is 0. The van der Waals surface area contributed by atoms with E-state index in [1.165, 1.54) is 0 Å². The molecule has 1 nitrogen and oxygen atoms in total. The van der Waals surface area contributed by atoms with E-state index in [2.05, 4.69) is 11.9 Å². The van der Waals surface area contributed by atoms with Crippen molar-refractivity contribution in [2.75, 3.05) is 6.54 Å². The third-order valence-electron chi connectivity index (χ3n) is 1.98. The average Bonchev–Trinajstić information content (AvgIpc) is 2.19. The van der Waals surface area contributed by atoms with Gasteiger partial charge in [0.15, 0.2) is 0 Å². The number of nitrogens with one attached hydrogen (secondary N) is 1. The maximum Gasteiger partial charge on any atom is 0.0643 e. The van der Waals surface area contributed by atoms with Crippen LogP contribution in [-0.4, -0.2) is 6.54 Å². The van der Waals surface area contributed by atoms with Crippen molar-refractivity contribution in [1.29, 1.82) is 0 Å². The Morgan fingerprint density at radius 3 is 2.79 bits per heavy atom. The van der Waals surface area contributed by atoms with E-state index in [4.69, 9.17) is 23.2 Å². The molecule has 1 unspecified atom stereocenters. The lowest BCUT2D eigenvalue weighted by Crippen LogP contribution is -2.18. The molecule has 3 heteroatoms. The van der Waals surface area contributed by atoms with Crippen molar-refractivity contribution < 1.29 is 0 Å². The molecule has 0 spiro atoms. The molecule has 0 saturated heterocycles. The van der Waals surface area contributed by atoms with E-state index < -0.39 is 0 Å². The number of halogens is 2. The van der Waals surface area contributed by atoms with E-state index in [1.807, 2.05) is 25.1 Å². The monoisotopic (exact) mass is 229 g/mol. The molecular formula is C11H13Cl2N. The third-order valence-corrected chi connectivity index (χ3v) is 2.81. The Kier molecular flexibility index (Phi) is 4.46. The molecule has 0 heterocycles. The van der Waals surface area contributed by atoms with Crippen molar-refractivity contribution in [2.45, 2.75) is 13.0 Å². The molecule has 0 bridgehead atoms. The SMILES string of the molecule is C=CC(NCC)c1cccc(Cl)c1Cl. The smallest absolute Gasteiger partial charge is 0.0643 e. The standard InChI is InChI=1S/C11H13Cl2N/c1-3-10(14-4-2)8-6-5-7-9(12)11(8)13/h3,5-7,10,14H,1,4H2,2H3. The van der Waals surface area contributed by atoms with Crippen LogP contribution in [0.2, 0.25) is 10.0 Å². The normalized spacial score (nSPS) is 12.5. The van der Waals surface area contributed by atoms with Crippen molar-refractivity contribution in [3.8, 4) is 0 Å². The van der Waals surface area contributed by atoms with Crippen LogP contribution in [0.3, 0.4) is 0 Å². The molecule has 0 fully saturated rings.